The summed E-state index contributed by atoms with van der Waals surface area (Å²) >= 11 is 0. The van der Waals surface area contributed by atoms with Crippen LogP contribution in [0.4, 0.5) is 0 Å². The van der Waals surface area contributed by atoms with E-state index in [-0.39, 0.29) is 5.41 Å². The van der Waals surface area contributed by atoms with Gasteiger partial charge in [0.05, 0.1) is 0 Å². The second-order valence-electron chi connectivity index (χ2n) is 6.05. The highest BCUT2D eigenvalue weighted by molar-refractivity contribution is 5.34. The molecule has 0 aliphatic rings. The molecule has 1 N–H and O–H groups in total. The summed E-state index contributed by atoms with van der Waals surface area (Å²) in [7, 11) is 2.02. The molecule has 2 nitrogen and oxygen atoms in total. The van der Waals surface area contributed by atoms with Crippen molar-refractivity contribution >= 4 is 0 Å². The largest absolute Gasteiger partial charge is 0.457 e. The molecule has 0 amide bonds. The zero-order chi connectivity index (χ0) is 15.3. The van der Waals surface area contributed by atoms with Crippen LogP contribution in [0.1, 0.15) is 38.8 Å². The van der Waals surface area contributed by atoms with Gasteiger partial charge in [0.15, 0.2) is 0 Å². The minimum atomic E-state index is 0.219. The fraction of sp³-hybridized carbons (Fsp3) is 0.368. The Morgan fingerprint density at radius 3 is 2.05 bits per heavy atom. The van der Waals surface area contributed by atoms with Crippen LogP contribution in [0.2, 0.25) is 0 Å². The average Bonchev–Trinajstić information content (AvgIpc) is 2.50. The summed E-state index contributed by atoms with van der Waals surface area (Å²) in [6.07, 6.45) is 1.13. The predicted molar refractivity (Wildman–Crippen MR) is 88.8 cm³/mol. The number of benzene rings is 2. The first kappa shape index (κ1) is 15.6. The van der Waals surface area contributed by atoms with Crippen LogP contribution in [0.5, 0.6) is 11.5 Å². The fourth-order valence-electron chi connectivity index (χ4n) is 2.57. The van der Waals surface area contributed by atoms with Crippen molar-refractivity contribution in [3.63, 3.8) is 0 Å². The molecule has 0 radical (unpaired) electrons. The third-order valence-electron chi connectivity index (χ3n) is 4.17. The Morgan fingerprint density at radius 2 is 1.52 bits per heavy atom. The number of hydrogen-bond donors (Lipinski definition) is 1. The highest BCUT2D eigenvalue weighted by Crippen LogP contribution is 2.36. The van der Waals surface area contributed by atoms with Crippen molar-refractivity contribution in [1.82, 2.24) is 5.32 Å². The Bertz CT molecular complexity index is 546. The van der Waals surface area contributed by atoms with E-state index in [0.717, 1.165) is 17.9 Å². The van der Waals surface area contributed by atoms with E-state index in [4.69, 9.17) is 4.74 Å². The van der Waals surface area contributed by atoms with E-state index in [9.17, 15) is 0 Å². The summed E-state index contributed by atoms with van der Waals surface area (Å²) in [6, 6.07) is 18.6. The normalized spacial score (nSPS) is 13.0. The Balaban J connectivity index is 2.15. The van der Waals surface area contributed by atoms with Crippen LogP contribution in [0.3, 0.4) is 0 Å². The van der Waals surface area contributed by atoms with Gasteiger partial charge in [-0.1, -0.05) is 51.1 Å². The van der Waals surface area contributed by atoms with Crippen molar-refractivity contribution in [2.75, 3.05) is 7.05 Å². The molecule has 2 heteroatoms. The van der Waals surface area contributed by atoms with Crippen molar-refractivity contribution in [2.45, 2.75) is 33.2 Å². The molecule has 2 aromatic rings. The molecule has 0 saturated carbocycles. The van der Waals surface area contributed by atoms with Crippen molar-refractivity contribution in [2.24, 2.45) is 5.41 Å². The van der Waals surface area contributed by atoms with E-state index >= 15 is 0 Å². The first-order valence-electron chi connectivity index (χ1n) is 7.57. The van der Waals surface area contributed by atoms with Gasteiger partial charge >= 0.3 is 0 Å². The van der Waals surface area contributed by atoms with E-state index in [2.05, 4.69) is 38.2 Å². The van der Waals surface area contributed by atoms with Gasteiger partial charge in [-0.3, -0.25) is 0 Å². The molecule has 2 rings (SSSR count). The van der Waals surface area contributed by atoms with E-state index in [1.54, 1.807) is 0 Å². The van der Waals surface area contributed by atoms with Crippen molar-refractivity contribution in [3.8, 4) is 11.5 Å². The smallest absolute Gasteiger partial charge is 0.127 e. The van der Waals surface area contributed by atoms with Gasteiger partial charge < -0.3 is 10.1 Å². The molecule has 0 aliphatic heterocycles. The van der Waals surface area contributed by atoms with Crippen LogP contribution >= 0.6 is 0 Å². The van der Waals surface area contributed by atoms with Crippen LogP contribution < -0.4 is 10.1 Å². The van der Waals surface area contributed by atoms with Gasteiger partial charge in [-0.05, 0) is 48.7 Å². The molecule has 1 atom stereocenters. The standard InChI is InChI=1S/C19H25NO/c1-5-19(2,3)18(20-4)15-11-13-17(14-12-15)21-16-9-7-6-8-10-16/h6-14,18,20H,5H2,1-4H3. The van der Waals surface area contributed by atoms with Crippen LogP contribution in [0.15, 0.2) is 54.6 Å². The van der Waals surface area contributed by atoms with Gasteiger partial charge in [-0.15, -0.1) is 0 Å². The van der Waals surface area contributed by atoms with Crippen molar-refractivity contribution in [3.05, 3.63) is 60.2 Å². The molecule has 1 unspecified atom stereocenters. The van der Waals surface area contributed by atoms with Gasteiger partial charge in [0.2, 0.25) is 0 Å². The third kappa shape index (κ3) is 3.85. The topological polar surface area (TPSA) is 21.3 Å². The van der Waals surface area contributed by atoms with Crippen LogP contribution in [0, 0.1) is 5.41 Å². The Hall–Kier alpha value is -1.80. The molecule has 0 heterocycles. The van der Waals surface area contributed by atoms with E-state index in [1.165, 1.54) is 5.56 Å². The lowest BCUT2D eigenvalue weighted by Crippen LogP contribution is -2.31. The van der Waals surface area contributed by atoms with Crippen LogP contribution in [-0.4, -0.2) is 7.05 Å². The van der Waals surface area contributed by atoms with Gasteiger partial charge in [-0.2, -0.15) is 0 Å². The van der Waals surface area contributed by atoms with Gasteiger partial charge in [0.1, 0.15) is 11.5 Å². The second-order valence-corrected chi connectivity index (χ2v) is 6.05. The minimum absolute atomic E-state index is 0.219. The Labute approximate surface area is 128 Å². The monoisotopic (exact) mass is 283 g/mol. The summed E-state index contributed by atoms with van der Waals surface area (Å²) in [5.74, 6) is 1.73. The van der Waals surface area contributed by atoms with E-state index < -0.39 is 0 Å². The maximum absolute atomic E-state index is 5.84. The fourth-order valence-corrected chi connectivity index (χ4v) is 2.57. The Kier molecular flexibility index (Phi) is 5.03. The summed E-state index contributed by atoms with van der Waals surface area (Å²) in [5, 5.41) is 3.44. The molecular formula is C19H25NO. The molecule has 0 aromatic heterocycles. The summed E-state index contributed by atoms with van der Waals surface area (Å²) < 4.78 is 5.84. The SMILES string of the molecule is CCC(C)(C)C(NC)c1ccc(Oc2ccccc2)cc1. The number of hydrogen-bond acceptors (Lipinski definition) is 2. The maximum Gasteiger partial charge on any atom is 0.127 e. The van der Waals surface area contributed by atoms with E-state index in [0.29, 0.717) is 6.04 Å². The lowest BCUT2D eigenvalue weighted by atomic mass is 9.78. The average molecular weight is 283 g/mol. The second kappa shape index (κ2) is 6.77. The molecule has 0 bridgehead atoms. The molecule has 2 aromatic carbocycles. The highest BCUT2D eigenvalue weighted by atomic mass is 16.5. The first-order valence-corrected chi connectivity index (χ1v) is 7.57. The zero-order valence-corrected chi connectivity index (χ0v) is 13.4. The maximum atomic E-state index is 5.84. The molecule has 112 valence electrons. The molecule has 0 spiro atoms. The predicted octanol–water partition coefficient (Wildman–Crippen LogP) is 5.18. The van der Waals surface area contributed by atoms with Gasteiger partial charge in [0.25, 0.3) is 0 Å². The summed E-state index contributed by atoms with van der Waals surface area (Å²) in [4.78, 5) is 0. The number of nitrogens with one attached hydrogen (secondary N) is 1. The number of rotatable bonds is 6. The summed E-state index contributed by atoms with van der Waals surface area (Å²) in [5.41, 5.74) is 1.51. The number of ether oxygens (including phenoxy) is 1. The van der Waals surface area contributed by atoms with Crippen LogP contribution in [-0.2, 0) is 0 Å². The van der Waals surface area contributed by atoms with Crippen LogP contribution in [0.25, 0.3) is 0 Å². The highest BCUT2D eigenvalue weighted by Gasteiger charge is 2.27. The minimum Gasteiger partial charge on any atom is -0.457 e. The van der Waals surface area contributed by atoms with Gasteiger partial charge in [0, 0.05) is 6.04 Å². The van der Waals surface area contributed by atoms with Crippen molar-refractivity contribution in [1.29, 1.82) is 0 Å². The van der Waals surface area contributed by atoms with Gasteiger partial charge in [-0.25, -0.2) is 0 Å². The lowest BCUT2D eigenvalue weighted by molar-refractivity contribution is 0.245. The molecule has 21 heavy (non-hydrogen) atoms. The molecule has 0 aliphatic carbocycles. The number of para-hydroxylation sites is 1. The lowest BCUT2D eigenvalue weighted by Gasteiger charge is -2.33. The molecular weight excluding hydrogens is 258 g/mol. The molecule has 0 fully saturated rings. The summed E-state index contributed by atoms with van der Waals surface area (Å²) in [6.45, 7) is 6.82. The first-order chi connectivity index (χ1) is 10.1. The Morgan fingerprint density at radius 1 is 0.952 bits per heavy atom. The molecule has 0 saturated heterocycles. The third-order valence-corrected chi connectivity index (χ3v) is 4.17. The van der Waals surface area contributed by atoms with E-state index in [1.807, 2.05) is 49.5 Å². The van der Waals surface area contributed by atoms with Crippen molar-refractivity contribution < 1.29 is 4.74 Å². The quantitative estimate of drug-likeness (QED) is 0.789. The zero-order valence-electron chi connectivity index (χ0n) is 13.4.